The molecule has 1 aliphatic heterocycles. The standard InChI is InChI=1S/C26H34N2O3/c1-7-12-28-23-15-24(30-6)20(14-22(23)18(3)16-26(28,4)5)17-27-21-11-9-10-19(13-21)25(29)31-8-2/h9-11,13-15,17-18H,7-8,12,16H2,1-6H3. The van der Waals surface area contributed by atoms with E-state index in [2.05, 4.69) is 49.7 Å². The highest BCUT2D eigenvalue weighted by Gasteiger charge is 2.36. The fraction of sp³-hybridized carbons (Fsp3) is 0.462. The number of benzene rings is 2. The van der Waals surface area contributed by atoms with Gasteiger partial charge < -0.3 is 14.4 Å². The summed E-state index contributed by atoms with van der Waals surface area (Å²) < 4.78 is 10.8. The number of carbonyl (C=O) groups is 1. The third-order valence-corrected chi connectivity index (χ3v) is 5.89. The van der Waals surface area contributed by atoms with Gasteiger partial charge in [-0.3, -0.25) is 4.99 Å². The van der Waals surface area contributed by atoms with E-state index in [1.165, 1.54) is 11.3 Å². The van der Waals surface area contributed by atoms with E-state index in [4.69, 9.17) is 9.47 Å². The number of ether oxygens (including phenoxy) is 2. The van der Waals surface area contributed by atoms with E-state index in [1.54, 1.807) is 26.2 Å². The van der Waals surface area contributed by atoms with E-state index in [0.717, 1.165) is 30.7 Å². The normalized spacial score (nSPS) is 17.5. The van der Waals surface area contributed by atoms with Crippen molar-refractivity contribution < 1.29 is 14.3 Å². The molecule has 0 bridgehead atoms. The molecule has 2 aromatic rings. The number of aliphatic imine (C=N–C) groups is 1. The van der Waals surface area contributed by atoms with Crippen LogP contribution in [0.1, 0.15) is 74.9 Å². The van der Waals surface area contributed by atoms with Crippen LogP contribution in [0.5, 0.6) is 5.75 Å². The summed E-state index contributed by atoms with van der Waals surface area (Å²) in [6, 6.07) is 11.5. The van der Waals surface area contributed by atoms with Gasteiger partial charge in [-0.25, -0.2) is 4.79 Å². The molecule has 0 radical (unpaired) electrons. The second-order valence-corrected chi connectivity index (χ2v) is 8.75. The second kappa shape index (κ2) is 9.54. The predicted octanol–water partition coefficient (Wildman–Crippen LogP) is 6.12. The van der Waals surface area contributed by atoms with Crippen LogP contribution in [0.2, 0.25) is 0 Å². The van der Waals surface area contributed by atoms with Crippen molar-refractivity contribution in [2.75, 3.05) is 25.2 Å². The Hall–Kier alpha value is -2.82. The summed E-state index contributed by atoms with van der Waals surface area (Å²) in [5.41, 5.74) is 4.83. The molecule has 1 aliphatic rings. The molecule has 0 amide bonds. The molecular weight excluding hydrogens is 388 g/mol. The molecule has 0 fully saturated rings. The molecule has 31 heavy (non-hydrogen) atoms. The van der Waals surface area contributed by atoms with Crippen molar-refractivity contribution in [3.63, 3.8) is 0 Å². The average molecular weight is 423 g/mol. The monoisotopic (exact) mass is 422 g/mol. The lowest BCUT2D eigenvalue weighted by atomic mass is 9.79. The maximum absolute atomic E-state index is 12.0. The molecule has 0 aliphatic carbocycles. The molecule has 5 heteroatoms. The van der Waals surface area contributed by atoms with Gasteiger partial charge >= 0.3 is 5.97 Å². The Bertz CT molecular complexity index is 965. The SMILES string of the molecule is CCCN1c2cc(OC)c(C=Nc3cccc(C(=O)OCC)c3)cc2C(C)CC1(C)C. The number of hydrogen-bond acceptors (Lipinski definition) is 5. The summed E-state index contributed by atoms with van der Waals surface area (Å²) in [7, 11) is 1.70. The van der Waals surface area contributed by atoms with Crippen LogP contribution in [0, 0.1) is 0 Å². The fourth-order valence-corrected chi connectivity index (χ4v) is 4.52. The Kier molecular flexibility index (Phi) is 7.04. The lowest BCUT2D eigenvalue weighted by Crippen LogP contribution is -2.48. The van der Waals surface area contributed by atoms with E-state index in [-0.39, 0.29) is 11.5 Å². The number of nitrogens with zero attached hydrogens (tertiary/aromatic N) is 2. The molecule has 0 saturated heterocycles. The van der Waals surface area contributed by atoms with Gasteiger partial charge in [0.2, 0.25) is 0 Å². The van der Waals surface area contributed by atoms with Crippen molar-refractivity contribution in [1.29, 1.82) is 0 Å². The minimum Gasteiger partial charge on any atom is -0.496 e. The summed E-state index contributed by atoms with van der Waals surface area (Å²) >= 11 is 0. The Morgan fingerprint density at radius 1 is 1.26 bits per heavy atom. The number of esters is 1. The van der Waals surface area contributed by atoms with Crippen molar-refractivity contribution in [2.45, 2.75) is 58.9 Å². The molecule has 0 N–H and O–H groups in total. The number of rotatable bonds is 7. The zero-order valence-corrected chi connectivity index (χ0v) is 19.6. The van der Waals surface area contributed by atoms with Crippen molar-refractivity contribution in [1.82, 2.24) is 0 Å². The lowest BCUT2D eigenvalue weighted by molar-refractivity contribution is 0.0526. The molecule has 0 aromatic heterocycles. The average Bonchev–Trinajstić information content (AvgIpc) is 2.74. The first kappa shape index (κ1) is 22.9. The number of fused-ring (bicyclic) bond motifs is 1. The molecular formula is C26H34N2O3. The van der Waals surface area contributed by atoms with Crippen LogP contribution in [-0.2, 0) is 4.74 Å². The largest absolute Gasteiger partial charge is 0.496 e. The van der Waals surface area contributed by atoms with Crippen LogP contribution in [0.15, 0.2) is 41.4 Å². The van der Waals surface area contributed by atoms with Gasteiger partial charge in [0, 0.05) is 35.6 Å². The van der Waals surface area contributed by atoms with E-state index in [0.29, 0.717) is 23.8 Å². The molecule has 0 saturated carbocycles. The Morgan fingerprint density at radius 3 is 2.71 bits per heavy atom. The Morgan fingerprint density at radius 2 is 2.03 bits per heavy atom. The Labute approximate surface area is 186 Å². The summed E-state index contributed by atoms with van der Waals surface area (Å²) in [6.07, 6.45) is 4.02. The van der Waals surface area contributed by atoms with Gasteiger partial charge in [-0.2, -0.15) is 0 Å². The third-order valence-electron chi connectivity index (χ3n) is 5.89. The van der Waals surface area contributed by atoms with Gasteiger partial charge in [-0.15, -0.1) is 0 Å². The van der Waals surface area contributed by atoms with Crippen LogP contribution in [0.25, 0.3) is 0 Å². The molecule has 3 rings (SSSR count). The Balaban J connectivity index is 1.97. The van der Waals surface area contributed by atoms with Gasteiger partial charge in [-0.05, 0) is 69.4 Å². The molecule has 1 unspecified atom stereocenters. The van der Waals surface area contributed by atoms with Crippen LogP contribution in [0.4, 0.5) is 11.4 Å². The van der Waals surface area contributed by atoms with E-state index < -0.39 is 0 Å². The van der Waals surface area contributed by atoms with Crippen LogP contribution in [0.3, 0.4) is 0 Å². The van der Waals surface area contributed by atoms with E-state index >= 15 is 0 Å². The minimum absolute atomic E-state index is 0.108. The smallest absolute Gasteiger partial charge is 0.338 e. The maximum atomic E-state index is 12.0. The zero-order chi connectivity index (χ0) is 22.6. The summed E-state index contributed by atoms with van der Waals surface area (Å²) in [6.45, 7) is 12.3. The van der Waals surface area contributed by atoms with Gasteiger partial charge in [-0.1, -0.05) is 19.9 Å². The second-order valence-electron chi connectivity index (χ2n) is 8.75. The van der Waals surface area contributed by atoms with E-state index in [1.807, 2.05) is 18.3 Å². The van der Waals surface area contributed by atoms with Gasteiger partial charge in [0.1, 0.15) is 5.75 Å². The highest BCUT2D eigenvalue weighted by molar-refractivity contribution is 5.91. The predicted molar refractivity (Wildman–Crippen MR) is 127 cm³/mol. The first-order chi connectivity index (χ1) is 14.8. The number of methoxy groups -OCH3 is 1. The first-order valence-corrected chi connectivity index (χ1v) is 11.1. The summed E-state index contributed by atoms with van der Waals surface area (Å²) in [4.78, 5) is 19.1. The topological polar surface area (TPSA) is 51.1 Å². The van der Waals surface area contributed by atoms with Crippen molar-refractivity contribution in [3.05, 3.63) is 53.1 Å². The molecule has 2 aromatic carbocycles. The number of hydrogen-bond donors (Lipinski definition) is 0. The first-order valence-electron chi connectivity index (χ1n) is 11.1. The molecule has 1 atom stereocenters. The quantitative estimate of drug-likeness (QED) is 0.398. The third kappa shape index (κ3) is 4.92. The molecule has 1 heterocycles. The lowest BCUT2D eigenvalue weighted by Gasteiger charge is -2.47. The van der Waals surface area contributed by atoms with Gasteiger partial charge in [0.15, 0.2) is 0 Å². The van der Waals surface area contributed by atoms with Crippen LogP contribution >= 0.6 is 0 Å². The van der Waals surface area contributed by atoms with Crippen molar-refractivity contribution in [3.8, 4) is 5.75 Å². The minimum atomic E-state index is -0.335. The van der Waals surface area contributed by atoms with Gasteiger partial charge in [0.25, 0.3) is 0 Å². The fourth-order valence-electron chi connectivity index (χ4n) is 4.52. The van der Waals surface area contributed by atoms with E-state index in [9.17, 15) is 4.79 Å². The molecule has 5 nitrogen and oxygen atoms in total. The van der Waals surface area contributed by atoms with Crippen LogP contribution in [-0.4, -0.2) is 38.0 Å². The maximum Gasteiger partial charge on any atom is 0.338 e. The van der Waals surface area contributed by atoms with Crippen LogP contribution < -0.4 is 9.64 Å². The highest BCUT2D eigenvalue weighted by atomic mass is 16.5. The number of anilines is 1. The van der Waals surface area contributed by atoms with Crippen molar-refractivity contribution in [2.24, 2.45) is 4.99 Å². The highest BCUT2D eigenvalue weighted by Crippen LogP contribution is 2.45. The summed E-state index contributed by atoms with van der Waals surface area (Å²) in [5.74, 6) is 0.914. The van der Waals surface area contributed by atoms with Crippen molar-refractivity contribution >= 4 is 23.6 Å². The molecule has 166 valence electrons. The number of carbonyl (C=O) groups excluding carboxylic acids is 1. The van der Waals surface area contributed by atoms with Gasteiger partial charge in [0.05, 0.1) is 25.0 Å². The molecule has 0 spiro atoms. The summed E-state index contributed by atoms with van der Waals surface area (Å²) in [5, 5.41) is 0. The zero-order valence-electron chi connectivity index (χ0n) is 19.6.